The maximum absolute atomic E-state index is 12.4. The largest absolute Gasteiger partial charge is 0.378 e. The summed E-state index contributed by atoms with van der Waals surface area (Å²) in [7, 11) is 0. The summed E-state index contributed by atoms with van der Waals surface area (Å²) >= 11 is 0. The van der Waals surface area contributed by atoms with Gasteiger partial charge in [-0.3, -0.25) is 9.69 Å². The molecule has 0 spiro atoms. The molecule has 2 aliphatic rings. The molecule has 4 heteroatoms. The van der Waals surface area contributed by atoms with E-state index < -0.39 is 0 Å². The fourth-order valence-electron chi connectivity index (χ4n) is 3.33. The summed E-state index contributed by atoms with van der Waals surface area (Å²) in [4.78, 5) is 16.8. The number of carbonyl (C=O) groups is 1. The number of hydrogen-bond acceptors (Lipinski definition) is 3. The Kier molecular flexibility index (Phi) is 5.68. The maximum atomic E-state index is 12.4. The SMILES string of the molecule is C[C@H](C1CC1)N(CCC(=O)N1CCOCC1)Cc1ccccc1. The van der Waals surface area contributed by atoms with Crippen LogP contribution in [0.15, 0.2) is 30.3 Å². The van der Waals surface area contributed by atoms with E-state index >= 15 is 0 Å². The molecule has 2 fully saturated rings. The molecular formula is C19H28N2O2. The smallest absolute Gasteiger partial charge is 0.224 e. The minimum Gasteiger partial charge on any atom is -0.378 e. The van der Waals surface area contributed by atoms with Gasteiger partial charge in [0.25, 0.3) is 0 Å². The first-order chi connectivity index (χ1) is 11.2. The van der Waals surface area contributed by atoms with Gasteiger partial charge in [0.1, 0.15) is 0 Å². The normalized spacial score (nSPS) is 19.8. The van der Waals surface area contributed by atoms with Gasteiger partial charge in [0.15, 0.2) is 0 Å². The van der Waals surface area contributed by atoms with E-state index in [0.717, 1.165) is 32.1 Å². The summed E-state index contributed by atoms with van der Waals surface area (Å²) in [6.07, 6.45) is 3.29. The number of ether oxygens (including phenoxy) is 1. The lowest BCUT2D eigenvalue weighted by Gasteiger charge is -2.31. The molecule has 126 valence electrons. The van der Waals surface area contributed by atoms with E-state index in [4.69, 9.17) is 4.74 Å². The Bertz CT molecular complexity index is 495. The lowest BCUT2D eigenvalue weighted by atomic mass is 10.1. The topological polar surface area (TPSA) is 32.8 Å². The van der Waals surface area contributed by atoms with Crippen LogP contribution in [0.25, 0.3) is 0 Å². The van der Waals surface area contributed by atoms with Crippen molar-refractivity contribution in [2.75, 3.05) is 32.8 Å². The average molecular weight is 316 g/mol. The van der Waals surface area contributed by atoms with Gasteiger partial charge >= 0.3 is 0 Å². The van der Waals surface area contributed by atoms with Gasteiger partial charge in [0.2, 0.25) is 5.91 Å². The Hall–Kier alpha value is -1.39. The van der Waals surface area contributed by atoms with Crippen molar-refractivity contribution in [2.24, 2.45) is 5.92 Å². The van der Waals surface area contributed by atoms with E-state index in [1.54, 1.807) is 0 Å². The van der Waals surface area contributed by atoms with Gasteiger partial charge in [-0.15, -0.1) is 0 Å². The number of hydrogen-bond donors (Lipinski definition) is 0. The van der Waals surface area contributed by atoms with Crippen LogP contribution in [0.3, 0.4) is 0 Å². The van der Waals surface area contributed by atoms with Crippen molar-refractivity contribution < 1.29 is 9.53 Å². The molecular weight excluding hydrogens is 288 g/mol. The minimum absolute atomic E-state index is 0.273. The highest BCUT2D eigenvalue weighted by atomic mass is 16.5. The summed E-state index contributed by atoms with van der Waals surface area (Å²) in [6.45, 7) is 6.96. The first-order valence-electron chi connectivity index (χ1n) is 8.87. The molecule has 1 saturated carbocycles. The Balaban J connectivity index is 1.55. The van der Waals surface area contributed by atoms with Crippen molar-refractivity contribution in [1.82, 2.24) is 9.80 Å². The monoisotopic (exact) mass is 316 g/mol. The van der Waals surface area contributed by atoms with E-state index in [1.807, 2.05) is 4.90 Å². The van der Waals surface area contributed by atoms with Crippen LogP contribution in [-0.2, 0) is 16.1 Å². The number of carbonyl (C=O) groups excluding carboxylic acids is 1. The van der Waals surface area contributed by atoms with Crippen LogP contribution in [0.2, 0.25) is 0 Å². The summed E-state index contributed by atoms with van der Waals surface area (Å²) in [5.74, 6) is 1.09. The Morgan fingerprint density at radius 2 is 1.96 bits per heavy atom. The summed E-state index contributed by atoms with van der Waals surface area (Å²) in [5, 5.41) is 0. The predicted molar refractivity (Wildman–Crippen MR) is 91.1 cm³/mol. The molecule has 1 aliphatic carbocycles. The molecule has 1 aromatic carbocycles. The number of benzene rings is 1. The standard InChI is InChI=1S/C19H28N2O2/c1-16(18-7-8-18)21(15-17-5-3-2-4-6-17)10-9-19(22)20-11-13-23-14-12-20/h2-6,16,18H,7-15H2,1H3/t16-/m1/s1. The second-order valence-electron chi connectivity index (χ2n) is 6.78. The van der Waals surface area contributed by atoms with E-state index in [9.17, 15) is 4.79 Å². The highest BCUT2D eigenvalue weighted by Crippen LogP contribution is 2.35. The fraction of sp³-hybridized carbons (Fsp3) is 0.632. The first kappa shape index (κ1) is 16.5. The van der Waals surface area contributed by atoms with Crippen molar-refractivity contribution in [3.63, 3.8) is 0 Å². The van der Waals surface area contributed by atoms with Crippen molar-refractivity contribution in [1.29, 1.82) is 0 Å². The third-order valence-corrected chi connectivity index (χ3v) is 5.09. The second kappa shape index (κ2) is 7.93. The quantitative estimate of drug-likeness (QED) is 0.775. The van der Waals surface area contributed by atoms with E-state index in [2.05, 4.69) is 42.2 Å². The highest BCUT2D eigenvalue weighted by Gasteiger charge is 2.32. The van der Waals surface area contributed by atoms with Crippen LogP contribution >= 0.6 is 0 Å². The molecule has 0 radical (unpaired) electrons. The van der Waals surface area contributed by atoms with Gasteiger partial charge in [-0.2, -0.15) is 0 Å². The van der Waals surface area contributed by atoms with Gasteiger partial charge in [0, 0.05) is 38.6 Å². The molecule has 1 atom stereocenters. The molecule has 23 heavy (non-hydrogen) atoms. The van der Waals surface area contributed by atoms with E-state index in [-0.39, 0.29) is 5.91 Å². The molecule has 4 nitrogen and oxygen atoms in total. The van der Waals surface area contributed by atoms with Gasteiger partial charge < -0.3 is 9.64 Å². The zero-order valence-electron chi connectivity index (χ0n) is 14.1. The van der Waals surface area contributed by atoms with E-state index in [0.29, 0.717) is 25.7 Å². The zero-order valence-corrected chi connectivity index (χ0v) is 14.1. The average Bonchev–Trinajstić information content (AvgIpc) is 3.44. The van der Waals surface area contributed by atoms with Gasteiger partial charge in [0.05, 0.1) is 13.2 Å². The predicted octanol–water partition coefficient (Wildman–Crippen LogP) is 2.54. The van der Waals surface area contributed by atoms with Crippen LogP contribution in [0.5, 0.6) is 0 Å². The maximum Gasteiger partial charge on any atom is 0.224 e. The van der Waals surface area contributed by atoms with Crippen LogP contribution in [0.4, 0.5) is 0 Å². The lowest BCUT2D eigenvalue weighted by Crippen LogP contribution is -2.43. The number of amides is 1. The molecule has 0 unspecified atom stereocenters. The highest BCUT2D eigenvalue weighted by molar-refractivity contribution is 5.76. The molecule has 1 aliphatic heterocycles. The molecule has 1 heterocycles. The molecule has 3 rings (SSSR count). The molecule has 0 aromatic heterocycles. The molecule has 1 saturated heterocycles. The summed E-state index contributed by atoms with van der Waals surface area (Å²) < 4.78 is 5.33. The van der Waals surface area contributed by atoms with Crippen molar-refractivity contribution in [3.8, 4) is 0 Å². The Labute approximate surface area is 139 Å². The van der Waals surface area contributed by atoms with Crippen molar-refractivity contribution in [2.45, 2.75) is 38.8 Å². The Morgan fingerprint density at radius 1 is 1.26 bits per heavy atom. The third kappa shape index (κ3) is 4.79. The van der Waals surface area contributed by atoms with Gasteiger partial charge in [-0.1, -0.05) is 30.3 Å². The number of morpholine rings is 1. The van der Waals surface area contributed by atoms with Crippen LogP contribution in [-0.4, -0.2) is 54.6 Å². The van der Waals surface area contributed by atoms with Crippen LogP contribution in [0, 0.1) is 5.92 Å². The molecule has 0 N–H and O–H groups in total. The third-order valence-electron chi connectivity index (χ3n) is 5.09. The minimum atomic E-state index is 0.273. The molecule has 1 amide bonds. The van der Waals surface area contributed by atoms with Gasteiger partial charge in [-0.25, -0.2) is 0 Å². The first-order valence-corrected chi connectivity index (χ1v) is 8.87. The number of rotatable bonds is 7. The zero-order chi connectivity index (χ0) is 16.1. The Morgan fingerprint density at radius 3 is 2.61 bits per heavy atom. The second-order valence-corrected chi connectivity index (χ2v) is 6.78. The summed E-state index contributed by atoms with van der Waals surface area (Å²) in [5.41, 5.74) is 1.33. The fourth-order valence-corrected chi connectivity index (χ4v) is 3.33. The van der Waals surface area contributed by atoms with Crippen LogP contribution in [0.1, 0.15) is 31.7 Å². The van der Waals surface area contributed by atoms with Gasteiger partial charge in [-0.05, 0) is 31.2 Å². The van der Waals surface area contributed by atoms with Crippen molar-refractivity contribution in [3.05, 3.63) is 35.9 Å². The van der Waals surface area contributed by atoms with E-state index in [1.165, 1.54) is 18.4 Å². The molecule has 0 bridgehead atoms. The number of nitrogens with zero attached hydrogens (tertiary/aromatic N) is 2. The van der Waals surface area contributed by atoms with Crippen LogP contribution < -0.4 is 0 Å². The molecule has 1 aromatic rings. The van der Waals surface area contributed by atoms with Crippen molar-refractivity contribution >= 4 is 5.91 Å². The lowest BCUT2D eigenvalue weighted by molar-refractivity contribution is -0.135. The summed E-state index contributed by atoms with van der Waals surface area (Å²) in [6, 6.07) is 11.2.